The van der Waals surface area contributed by atoms with Crippen LogP contribution in [0.4, 0.5) is 5.69 Å². The Hall–Kier alpha value is -3.35. The van der Waals surface area contributed by atoms with Gasteiger partial charge in [-0.3, -0.25) is 4.79 Å². The van der Waals surface area contributed by atoms with Gasteiger partial charge in [0.05, 0.1) is 6.61 Å². The number of aliphatic hydroxyl groups excluding tert-OH is 1. The Kier molecular flexibility index (Phi) is 4.85. The van der Waals surface area contributed by atoms with Gasteiger partial charge in [-0.15, -0.1) is 0 Å². The van der Waals surface area contributed by atoms with Gasteiger partial charge >= 0.3 is 0 Å². The number of hydrogen-bond acceptors (Lipinski definition) is 6. The van der Waals surface area contributed by atoms with E-state index in [1.165, 1.54) is 48.6 Å². The van der Waals surface area contributed by atoms with Gasteiger partial charge in [-0.1, -0.05) is 18.7 Å². The zero-order chi connectivity index (χ0) is 19.6. The third kappa shape index (κ3) is 3.01. The molecule has 2 aromatic carbocycles. The number of allylic oxidation sites excluding steroid dienone is 2. The van der Waals surface area contributed by atoms with E-state index in [0.717, 1.165) is 0 Å². The van der Waals surface area contributed by atoms with Gasteiger partial charge in [0.1, 0.15) is 29.1 Å². The molecule has 1 heterocycles. The molecule has 1 aliphatic rings. The molecule has 0 amide bonds. The Morgan fingerprint density at radius 2 is 1.96 bits per heavy atom. The molecule has 5 N–H and O–H groups in total. The van der Waals surface area contributed by atoms with E-state index in [-0.39, 0.29) is 40.6 Å². The fourth-order valence-electron chi connectivity index (χ4n) is 3.23. The number of phenols is 1. The van der Waals surface area contributed by atoms with E-state index in [9.17, 15) is 20.1 Å². The van der Waals surface area contributed by atoms with Crippen molar-refractivity contribution in [3.63, 3.8) is 0 Å². The number of aldehydes is 1. The Labute approximate surface area is 156 Å². The topological polar surface area (TPSA) is 113 Å². The van der Waals surface area contributed by atoms with Crippen LogP contribution in [-0.2, 0) is 5.60 Å². The average Bonchev–Trinajstić information content (AvgIpc) is 2.65. The fourth-order valence-corrected chi connectivity index (χ4v) is 3.23. The van der Waals surface area contributed by atoms with E-state index in [1.54, 1.807) is 6.07 Å². The molecule has 0 fully saturated rings. The highest BCUT2D eigenvalue weighted by atomic mass is 16.5. The molecule has 0 spiro atoms. The standard InChI is InChI=1S/C21H19NO5/c1-2-3-16-19(8-9-23)27-20-11-15(25)6-7-17(20)21(16,26)18-10-14(22)5-4-13(18)12-24/h2-8,10-12,23,25-26H,1,9,22H2/b16-3?,19-8+. The molecule has 2 aromatic rings. The van der Waals surface area contributed by atoms with Crippen LogP contribution in [0.3, 0.4) is 0 Å². The van der Waals surface area contributed by atoms with Crippen LogP contribution in [0, 0.1) is 0 Å². The van der Waals surface area contributed by atoms with Gasteiger partial charge in [0.25, 0.3) is 0 Å². The number of nitrogen functional groups attached to an aromatic ring is 1. The van der Waals surface area contributed by atoms with Crippen LogP contribution in [0.1, 0.15) is 21.5 Å². The number of ether oxygens (including phenoxy) is 1. The molecule has 3 rings (SSSR count). The van der Waals surface area contributed by atoms with E-state index >= 15 is 0 Å². The monoisotopic (exact) mass is 365 g/mol. The molecule has 6 nitrogen and oxygen atoms in total. The lowest BCUT2D eigenvalue weighted by atomic mass is 9.75. The molecule has 1 unspecified atom stereocenters. The molecule has 1 aliphatic heterocycles. The Bertz CT molecular complexity index is 977. The number of nitrogens with two attached hydrogens (primary N) is 1. The minimum absolute atomic E-state index is 0.0567. The van der Waals surface area contributed by atoms with Gasteiger partial charge < -0.3 is 25.8 Å². The molecule has 0 saturated heterocycles. The first-order chi connectivity index (χ1) is 12.9. The van der Waals surface area contributed by atoms with Crippen LogP contribution in [0.25, 0.3) is 0 Å². The first kappa shape index (κ1) is 18.4. The largest absolute Gasteiger partial charge is 0.508 e. The summed E-state index contributed by atoms with van der Waals surface area (Å²) >= 11 is 0. The number of hydrogen-bond donors (Lipinski definition) is 4. The zero-order valence-electron chi connectivity index (χ0n) is 14.4. The molecular formula is C21H19NO5. The van der Waals surface area contributed by atoms with E-state index in [2.05, 4.69) is 6.58 Å². The molecule has 27 heavy (non-hydrogen) atoms. The van der Waals surface area contributed by atoms with Crippen molar-refractivity contribution in [3.8, 4) is 11.5 Å². The van der Waals surface area contributed by atoms with E-state index in [4.69, 9.17) is 10.5 Å². The zero-order valence-corrected chi connectivity index (χ0v) is 14.4. The van der Waals surface area contributed by atoms with Gasteiger partial charge in [0.2, 0.25) is 0 Å². The highest BCUT2D eigenvalue weighted by Gasteiger charge is 2.45. The lowest BCUT2D eigenvalue weighted by Gasteiger charge is -2.39. The molecule has 0 saturated carbocycles. The average molecular weight is 365 g/mol. The summed E-state index contributed by atoms with van der Waals surface area (Å²) < 4.78 is 5.78. The SMILES string of the molecule is C=CC=C1/C(=C\CO)Oc2cc(O)ccc2C1(O)c1cc(N)ccc1C=O. The predicted octanol–water partition coefficient (Wildman–Crippen LogP) is 2.40. The first-order valence-corrected chi connectivity index (χ1v) is 8.19. The molecule has 0 aliphatic carbocycles. The summed E-state index contributed by atoms with van der Waals surface area (Å²) in [6, 6.07) is 8.87. The summed E-state index contributed by atoms with van der Waals surface area (Å²) in [7, 11) is 0. The number of phenolic OH excluding ortho intramolecular Hbond substituents is 1. The van der Waals surface area contributed by atoms with Crippen LogP contribution in [0.15, 0.2) is 72.5 Å². The van der Waals surface area contributed by atoms with Crippen LogP contribution >= 0.6 is 0 Å². The fraction of sp³-hybridized carbons (Fsp3) is 0.0952. The normalized spacial score (nSPS) is 21.6. The van der Waals surface area contributed by atoms with Crippen molar-refractivity contribution in [2.45, 2.75) is 5.60 Å². The maximum Gasteiger partial charge on any atom is 0.150 e. The van der Waals surface area contributed by atoms with Crippen LogP contribution < -0.4 is 10.5 Å². The van der Waals surface area contributed by atoms with Gasteiger partial charge in [-0.05, 0) is 36.4 Å². The summed E-state index contributed by atoms with van der Waals surface area (Å²) in [6.45, 7) is 3.33. The number of carbonyl (C=O) groups is 1. The second-order valence-electron chi connectivity index (χ2n) is 6.02. The maximum absolute atomic E-state index is 11.9. The summed E-state index contributed by atoms with van der Waals surface area (Å²) in [5, 5.41) is 31.1. The highest BCUT2D eigenvalue weighted by molar-refractivity contribution is 5.81. The minimum atomic E-state index is -1.82. The maximum atomic E-state index is 11.9. The van der Waals surface area contributed by atoms with Crippen molar-refractivity contribution in [3.05, 3.63) is 89.2 Å². The van der Waals surface area contributed by atoms with Crippen LogP contribution in [-0.4, -0.2) is 28.2 Å². The third-order valence-corrected chi connectivity index (χ3v) is 4.39. The number of anilines is 1. The van der Waals surface area contributed by atoms with Crippen LogP contribution in [0.2, 0.25) is 0 Å². The number of carbonyl (C=O) groups excluding carboxylic acids is 1. The number of rotatable bonds is 4. The Morgan fingerprint density at radius 1 is 1.19 bits per heavy atom. The van der Waals surface area contributed by atoms with E-state index in [1.807, 2.05) is 0 Å². The van der Waals surface area contributed by atoms with Gasteiger partial charge in [-0.2, -0.15) is 0 Å². The minimum Gasteiger partial charge on any atom is -0.508 e. The summed E-state index contributed by atoms with van der Waals surface area (Å²) in [6.07, 6.45) is 5.01. The van der Waals surface area contributed by atoms with Crippen LogP contribution in [0.5, 0.6) is 11.5 Å². The van der Waals surface area contributed by atoms with Gasteiger partial charge in [0, 0.05) is 34.0 Å². The quantitative estimate of drug-likeness (QED) is 0.489. The van der Waals surface area contributed by atoms with E-state index in [0.29, 0.717) is 17.5 Å². The van der Waals surface area contributed by atoms with Gasteiger partial charge in [0.15, 0.2) is 0 Å². The molecular weight excluding hydrogens is 346 g/mol. The molecule has 0 bridgehead atoms. The molecule has 0 aromatic heterocycles. The van der Waals surface area contributed by atoms with Crippen molar-refractivity contribution >= 4 is 12.0 Å². The second-order valence-corrected chi connectivity index (χ2v) is 6.02. The van der Waals surface area contributed by atoms with Gasteiger partial charge in [-0.25, -0.2) is 0 Å². The lowest BCUT2D eigenvalue weighted by Crippen LogP contribution is -2.37. The molecule has 1 atom stereocenters. The van der Waals surface area contributed by atoms with E-state index < -0.39 is 5.60 Å². The summed E-state index contributed by atoms with van der Waals surface area (Å²) in [5.41, 5.74) is 5.55. The second kappa shape index (κ2) is 7.11. The third-order valence-electron chi connectivity index (χ3n) is 4.39. The van der Waals surface area contributed by atoms with Crippen molar-refractivity contribution in [2.24, 2.45) is 0 Å². The number of fused-ring (bicyclic) bond motifs is 1. The summed E-state index contributed by atoms with van der Waals surface area (Å²) in [4.78, 5) is 11.6. The number of aromatic hydroxyl groups is 1. The number of benzene rings is 2. The molecule has 138 valence electrons. The van der Waals surface area contributed by atoms with Crippen molar-refractivity contribution < 1.29 is 24.9 Å². The van der Waals surface area contributed by atoms with Crippen molar-refractivity contribution in [1.82, 2.24) is 0 Å². The Balaban J connectivity index is 2.44. The predicted molar refractivity (Wildman–Crippen MR) is 101 cm³/mol. The highest BCUT2D eigenvalue weighted by Crippen LogP contribution is 2.50. The Morgan fingerprint density at radius 3 is 2.63 bits per heavy atom. The lowest BCUT2D eigenvalue weighted by molar-refractivity contribution is 0.0987. The van der Waals surface area contributed by atoms with Crippen molar-refractivity contribution in [1.29, 1.82) is 0 Å². The smallest absolute Gasteiger partial charge is 0.150 e. The summed E-state index contributed by atoms with van der Waals surface area (Å²) in [5.74, 6) is 0.314. The molecule has 0 radical (unpaired) electrons. The first-order valence-electron chi connectivity index (χ1n) is 8.19. The number of aliphatic hydroxyl groups is 2. The molecule has 6 heteroatoms. The van der Waals surface area contributed by atoms with Crippen molar-refractivity contribution in [2.75, 3.05) is 12.3 Å².